The molecule has 0 amide bonds. The van der Waals surface area contributed by atoms with Gasteiger partial charge in [-0.2, -0.15) is 0 Å². The summed E-state index contributed by atoms with van der Waals surface area (Å²) in [7, 11) is 0. The van der Waals surface area contributed by atoms with Gasteiger partial charge in [0.15, 0.2) is 5.96 Å². The maximum Gasteiger partial charge on any atom is 3.00 e. The minimum Gasteiger partial charge on any atom is 3.00 e. The van der Waals surface area contributed by atoms with Gasteiger partial charge in [-0.25, -0.2) is 0 Å². The molecule has 120 valence electrons. The van der Waals surface area contributed by atoms with E-state index in [2.05, 4.69) is 11.5 Å². The van der Waals surface area contributed by atoms with E-state index in [1.807, 2.05) is 0 Å². The van der Waals surface area contributed by atoms with E-state index in [9.17, 15) is 0 Å². The largest absolute Gasteiger partial charge is 3.00 e. The Bertz CT molecular complexity index is 435. The van der Waals surface area contributed by atoms with E-state index < -0.39 is 40.1 Å². The summed E-state index contributed by atoms with van der Waals surface area (Å²) in [6.45, 7) is 0. The first-order valence-corrected chi connectivity index (χ1v) is 11.2. The van der Waals surface area contributed by atoms with Gasteiger partial charge >= 0.3 is 123 Å². The first kappa shape index (κ1) is 37.6. The SMILES string of the molecule is N=C(N)N.O=[Se](=O)([O-])[O-].O=[Se](=O)([O-])[O-].O=[Se](=O)([O-])[O-].[Al+3].[Al+3]. The number of guanidine groups is 1. The van der Waals surface area contributed by atoms with Crippen LogP contribution in [0.5, 0.6) is 0 Å². The molecule has 0 aromatic rings. The number of hydrogen-bond acceptors (Lipinski definition) is 13. The summed E-state index contributed by atoms with van der Waals surface area (Å²) in [5.41, 5.74) is 8.94. The third kappa shape index (κ3) is 33900. The number of nitrogens with one attached hydrogen (secondary N) is 1. The van der Waals surface area contributed by atoms with Crippen LogP contribution in [0.1, 0.15) is 0 Å². The van der Waals surface area contributed by atoms with Crippen molar-refractivity contribution in [2.75, 3.05) is 0 Å². The Kier molecular flexibility index (Phi) is 30.1. The standard InChI is InChI=1S/CH5N3.2Al.3H2O4Se/c2-1(3)4;;;3*1-5(2,3)4/h(H5,2,3,4);;;3*(H2,1,2,3,4)/q;2*+3;;;/p-6. The summed E-state index contributed by atoms with van der Waals surface area (Å²) in [5, 5.41) is 6.06. The molecule has 0 heterocycles. The van der Waals surface area contributed by atoms with Crippen LogP contribution >= 0.6 is 0 Å². The zero-order chi connectivity index (χ0) is 17.1. The molecule has 21 heavy (non-hydrogen) atoms. The molecule has 0 saturated heterocycles. The van der Waals surface area contributed by atoms with Crippen LogP contribution in [0.3, 0.4) is 0 Å². The molecule has 5 N–H and O–H groups in total. The van der Waals surface area contributed by atoms with Crippen LogP contribution in [-0.4, -0.2) is 80.8 Å². The maximum atomic E-state index is 8.59. The van der Waals surface area contributed by atoms with Crippen LogP contribution in [0.25, 0.3) is 0 Å². The molecular formula is CH5Al2N3O12Se3. The second-order valence-electron chi connectivity index (χ2n) is 1.68. The fourth-order valence-corrected chi connectivity index (χ4v) is 0. The van der Waals surface area contributed by atoms with E-state index >= 15 is 0 Å². The molecule has 0 saturated carbocycles. The average molecular weight is 542 g/mol. The van der Waals surface area contributed by atoms with Crippen molar-refractivity contribution in [2.45, 2.75) is 0 Å². The maximum absolute atomic E-state index is 8.59. The summed E-state index contributed by atoms with van der Waals surface area (Å²) in [4.78, 5) is 0. The van der Waals surface area contributed by atoms with E-state index in [1.54, 1.807) is 0 Å². The average Bonchev–Trinajstić information content (AvgIpc) is 1.66. The minimum atomic E-state index is -5.75. The molecule has 0 aliphatic carbocycles. The molecule has 0 aromatic heterocycles. The second kappa shape index (κ2) is 16.8. The number of nitrogens with two attached hydrogens (primary N) is 2. The summed E-state index contributed by atoms with van der Waals surface area (Å²) in [6, 6.07) is 0. The van der Waals surface area contributed by atoms with Crippen molar-refractivity contribution in [1.29, 1.82) is 5.41 Å². The van der Waals surface area contributed by atoms with Crippen molar-refractivity contribution >= 4 is 80.8 Å². The van der Waals surface area contributed by atoms with Gasteiger partial charge in [-0.3, -0.25) is 5.41 Å². The Morgan fingerprint density at radius 2 is 0.619 bits per heavy atom. The van der Waals surface area contributed by atoms with Crippen LogP contribution in [0.4, 0.5) is 0 Å². The van der Waals surface area contributed by atoms with E-state index in [1.165, 1.54) is 0 Å². The molecule has 0 rings (SSSR count). The van der Waals surface area contributed by atoms with Crippen LogP contribution in [0.2, 0.25) is 0 Å². The van der Waals surface area contributed by atoms with Crippen LogP contribution in [0.15, 0.2) is 0 Å². The molecule has 20 heteroatoms. The predicted octanol–water partition coefficient (Wildman–Crippen LogP) is -10.9. The van der Waals surface area contributed by atoms with Gasteiger partial charge in [-0.05, 0) is 0 Å². The van der Waals surface area contributed by atoms with Crippen molar-refractivity contribution in [3.05, 3.63) is 0 Å². The molecule has 0 aromatic carbocycles. The van der Waals surface area contributed by atoms with Crippen molar-refractivity contribution in [1.82, 2.24) is 0 Å². The van der Waals surface area contributed by atoms with Crippen molar-refractivity contribution in [3.63, 3.8) is 0 Å². The quantitative estimate of drug-likeness (QED) is 0.145. The molecule has 15 nitrogen and oxygen atoms in total. The monoisotopic (exact) mass is 545 g/mol. The van der Waals surface area contributed by atoms with Gasteiger partial charge in [0.05, 0.1) is 0 Å². The molecule has 0 radical (unpaired) electrons. The summed E-state index contributed by atoms with van der Waals surface area (Å²) in [5.74, 6) is -0.333. The molecule has 0 atom stereocenters. The van der Waals surface area contributed by atoms with Crippen molar-refractivity contribution < 1.29 is 48.1 Å². The zero-order valence-electron chi connectivity index (χ0n) is 9.43. The van der Waals surface area contributed by atoms with Crippen molar-refractivity contribution in [3.8, 4) is 0 Å². The van der Waals surface area contributed by atoms with E-state index in [-0.39, 0.29) is 40.7 Å². The predicted molar refractivity (Wildman–Crippen MR) is 49.0 cm³/mol. The van der Waals surface area contributed by atoms with Gasteiger partial charge in [0.1, 0.15) is 0 Å². The molecular weight excluding hydrogens is 537 g/mol. The first-order valence-electron chi connectivity index (χ1n) is 2.83. The third-order valence-electron chi connectivity index (χ3n) is 0. The van der Waals surface area contributed by atoms with E-state index in [0.717, 1.165) is 0 Å². The second-order valence-corrected chi connectivity index (χ2v) is 6.82. The topological polar surface area (TPSA) is 317 Å². The van der Waals surface area contributed by atoms with E-state index in [0.29, 0.717) is 0 Å². The Balaban J connectivity index is -0.0000000347. The Labute approximate surface area is 145 Å². The smallest absolute Gasteiger partial charge is 3.00 e. The number of rotatable bonds is 0. The van der Waals surface area contributed by atoms with Crippen LogP contribution in [0, 0.1) is 5.41 Å². The van der Waals surface area contributed by atoms with Gasteiger partial charge in [0.2, 0.25) is 0 Å². The van der Waals surface area contributed by atoms with E-state index in [4.69, 9.17) is 53.6 Å². The first-order chi connectivity index (χ1) is 7.73. The Morgan fingerprint density at radius 3 is 0.619 bits per heavy atom. The fourth-order valence-electron chi connectivity index (χ4n) is 0. The van der Waals surface area contributed by atoms with Crippen molar-refractivity contribution in [2.24, 2.45) is 11.5 Å². The molecule has 0 spiro atoms. The van der Waals surface area contributed by atoms with Gasteiger partial charge in [0.25, 0.3) is 0 Å². The Hall–Kier alpha value is 0.453. The molecule has 0 fully saturated rings. The van der Waals surface area contributed by atoms with Crippen LogP contribution < -0.4 is 36.6 Å². The molecule has 0 aliphatic rings. The Morgan fingerprint density at radius 1 is 0.619 bits per heavy atom. The zero-order valence-corrected chi connectivity index (χ0v) is 16.9. The summed E-state index contributed by atoms with van der Waals surface area (Å²) < 4.78 is 103. The number of hydrogen-bond donors (Lipinski definition) is 3. The van der Waals surface area contributed by atoms with Crippen LogP contribution in [-0.2, 0) is 23.0 Å². The third-order valence-corrected chi connectivity index (χ3v) is 0. The summed E-state index contributed by atoms with van der Waals surface area (Å²) >= 11 is -17.2. The van der Waals surface area contributed by atoms with Gasteiger partial charge in [-0.15, -0.1) is 0 Å². The van der Waals surface area contributed by atoms with Gasteiger partial charge in [0, 0.05) is 0 Å². The molecule has 0 aliphatic heterocycles. The van der Waals surface area contributed by atoms with Gasteiger partial charge in [-0.1, -0.05) is 0 Å². The molecule has 0 unspecified atom stereocenters. The van der Waals surface area contributed by atoms with Gasteiger partial charge < -0.3 is 11.5 Å². The molecule has 0 bridgehead atoms. The summed E-state index contributed by atoms with van der Waals surface area (Å²) in [6.07, 6.45) is 0. The fraction of sp³-hybridized carbons (Fsp3) is 0. The minimum absolute atomic E-state index is 0. The normalized spacial score (nSPS) is 9.43.